The molecule has 1 aromatic heterocycles. The summed E-state index contributed by atoms with van der Waals surface area (Å²) in [7, 11) is 0. The lowest BCUT2D eigenvalue weighted by atomic mass is 9.33. The molecule has 0 unspecified atom stereocenters. The van der Waals surface area contributed by atoms with Crippen LogP contribution >= 0.6 is 0 Å². The number of rotatable bonds is 2. The molecular weight excluding hydrogens is 579 g/mol. The molecule has 6 aromatic carbocycles. The molecule has 48 heavy (non-hydrogen) atoms. The average molecular weight is 626 g/mol. The van der Waals surface area contributed by atoms with Gasteiger partial charge in [-0.1, -0.05) is 126 Å². The number of hydrogen-bond donors (Lipinski definition) is 0. The molecule has 0 atom stereocenters. The van der Waals surface area contributed by atoms with Gasteiger partial charge in [-0.25, -0.2) is 0 Å². The van der Waals surface area contributed by atoms with Gasteiger partial charge in [-0.05, 0) is 92.8 Å². The summed E-state index contributed by atoms with van der Waals surface area (Å²) in [5.41, 5.74) is 13.8. The van der Waals surface area contributed by atoms with Crippen LogP contribution in [0.2, 0.25) is 0 Å². The van der Waals surface area contributed by atoms with Crippen LogP contribution in [0.1, 0.15) is 65.1 Å². The van der Waals surface area contributed by atoms with E-state index in [-0.39, 0.29) is 47.3 Å². The smallest absolute Gasteiger partial charge is 0.252 e. The second-order valence-corrected chi connectivity index (χ2v) is 15.6. The van der Waals surface area contributed by atoms with E-state index in [1.807, 2.05) is 6.07 Å². The number of nitrogens with zero attached hydrogens (tertiary/aromatic N) is 2. The minimum absolute atomic E-state index is 0.0484. The average Bonchev–Trinajstić information content (AvgIpc) is 3.46. The number of fused-ring (bicyclic) bond motifs is 7. The first-order chi connectivity index (χ1) is 25.1. The van der Waals surface area contributed by atoms with Gasteiger partial charge in [-0.2, -0.15) is 0 Å². The van der Waals surface area contributed by atoms with E-state index in [1.165, 1.54) is 38.2 Å². The monoisotopic (exact) mass is 625 g/mol. The van der Waals surface area contributed by atoms with Crippen molar-refractivity contribution in [2.24, 2.45) is 0 Å². The maximum atomic E-state index is 9.15. The number of para-hydroxylation sites is 2. The van der Waals surface area contributed by atoms with Gasteiger partial charge in [0.25, 0.3) is 6.71 Å². The largest absolute Gasteiger partial charge is 0.311 e. The van der Waals surface area contributed by atoms with Crippen LogP contribution in [0.3, 0.4) is 0 Å². The highest BCUT2D eigenvalue weighted by atomic mass is 15.2. The van der Waals surface area contributed by atoms with Crippen LogP contribution in [0, 0.1) is 6.92 Å². The third kappa shape index (κ3) is 4.13. The minimum Gasteiger partial charge on any atom is -0.311 e. The molecule has 0 aliphatic carbocycles. The standard InChI is InChI=1S/C45H41BN2/c1-28-24-40-42-41(25-28)48-37-19-12-11-16-32(37)33-17-13-18-35(43(33)48)46(42)36-27-31(45(5,6)7)21-23-39(36)47(40)38-22-20-30(44(2,3)4)26-34(38)29-14-9-8-10-15-29/h8-27H,1-7H3/i8D,9D,10D,14D,15D. The third-order valence-electron chi connectivity index (χ3n) is 10.4. The lowest BCUT2D eigenvalue weighted by molar-refractivity contribution is 0.590. The quantitative estimate of drug-likeness (QED) is 0.174. The van der Waals surface area contributed by atoms with Gasteiger partial charge in [-0.15, -0.1) is 0 Å². The molecular formula is C45H41BN2. The van der Waals surface area contributed by atoms with Crippen molar-refractivity contribution in [1.29, 1.82) is 0 Å². The maximum absolute atomic E-state index is 9.15. The van der Waals surface area contributed by atoms with E-state index < -0.39 is 6.04 Å². The molecule has 0 radical (unpaired) electrons. The SMILES string of the molecule is [2H]c1c([2H])c([2H])c(-c2cc(C(C)(C)C)ccc2N2c3ccc(C(C)(C)C)cc3B3c4c2cc(C)cc4-n2c4ccccc4c4cccc3c42)c([2H])c1[2H]. The molecule has 3 heterocycles. The third-order valence-corrected chi connectivity index (χ3v) is 10.4. The maximum Gasteiger partial charge on any atom is 0.252 e. The summed E-state index contributed by atoms with van der Waals surface area (Å²) in [6.45, 7) is 15.3. The van der Waals surface area contributed by atoms with Crippen molar-refractivity contribution in [3.05, 3.63) is 138 Å². The molecule has 0 amide bonds. The lowest BCUT2D eigenvalue weighted by Gasteiger charge is -2.42. The van der Waals surface area contributed by atoms with Crippen molar-refractivity contribution in [3.8, 4) is 16.8 Å². The van der Waals surface area contributed by atoms with Crippen LogP contribution in [-0.4, -0.2) is 11.3 Å². The van der Waals surface area contributed by atoms with E-state index in [2.05, 4.69) is 143 Å². The van der Waals surface area contributed by atoms with Crippen molar-refractivity contribution in [3.63, 3.8) is 0 Å². The molecule has 9 rings (SSSR count). The summed E-state index contributed by atoms with van der Waals surface area (Å²) in [5, 5.41) is 2.46. The Morgan fingerprint density at radius 2 is 1.27 bits per heavy atom. The number of hydrogen-bond acceptors (Lipinski definition) is 1. The van der Waals surface area contributed by atoms with Crippen molar-refractivity contribution in [1.82, 2.24) is 4.57 Å². The molecule has 0 saturated carbocycles. The molecule has 0 fully saturated rings. The van der Waals surface area contributed by atoms with Crippen LogP contribution in [0.4, 0.5) is 17.1 Å². The first kappa shape index (κ1) is 24.2. The lowest BCUT2D eigenvalue weighted by Crippen LogP contribution is -2.60. The number of benzene rings is 6. The topological polar surface area (TPSA) is 8.17 Å². The van der Waals surface area contributed by atoms with Gasteiger partial charge in [-0.3, -0.25) is 0 Å². The van der Waals surface area contributed by atoms with Crippen LogP contribution in [0.5, 0.6) is 0 Å². The number of anilines is 3. The Kier molecular flexibility index (Phi) is 5.04. The fourth-order valence-electron chi connectivity index (χ4n) is 8.06. The van der Waals surface area contributed by atoms with Gasteiger partial charge < -0.3 is 9.47 Å². The Morgan fingerprint density at radius 3 is 2.02 bits per heavy atom. The van der Waals surface area contributed by atoms with Crippen molar-refractivity contribution < 1.29 is 6.85 Å². The molecule has 0 N–H and O–H groups in total. The van der Waals surface area contributed by atoms with Gasteiger partial charge in [0.2, 0.25) is 0 Å². The molecule has 0 bridgehead atoms. The Hall–Kier alpha value is -5.02. The molecule has 2 nitrogen and oxygen atoms in total. The minimum atomic E-state index is -0.394. The fraction of sp³-hybridized carbons (Fsp3) is 0.200. The predicted molar refractivity (Wildman–Crippen MR) is 208 cm³/mol. The van der Waals surface area contributed by atoms with Crippen molar-refractivity contribution in [2.75, 3.05) is 4.90 Å². The number of aromatic nitrogens is 1. The van der Waals surface area contributed by atoms with Crippen LogP contribution < -0.4 is 21.3 Å². The molecule has 0 spiro atoms. The van der Waals surface area contributed by atoms with E-state index in [1.54, 1.807) is 0 Å². The fourth-order valence-corrected chi connectivity index (χ4v) is 8.06. The van der Waals surface area contributed by atoms with Gasteiger partial charge in [0, 0.05) is 38.9 Å². The van der Waals surface area contributed by atoms with Gasteiger partial charge in [0.15, 0.2) is 0 Å². The Bertz CT molecular complexity index is 2700. The van der Waals surface area contributed by atoms with Gasteiger partial charge in [0.1, 0.15) is 0 Å². The zero-order chi connectivity index (χ0) is 37.5. The van der Waals surface area contributed by atoms with Gasteiger partial charge in [0.05, 0.1) is 18.1 Å². The Balaban J connectivity index is 1.45. The molecule has 2 aliphatic rings. The summed E-state index contributed by atoms with van der Waals surface area (Å²) in [5.74, 6) is 0. The molecule has 2 aliphatic heterocycles. The van der Waals surface area contributed by atoms with E-state index in [4.69, 9.17) is 6.85 Å². The predicted octanol–water partition coefficient (Wildman–Crippen LogP) is 9.97. The second kappa shape index (κ2) is 10.00. The normalized spacial score (nSPS) is 15.1. The zero-order valence-electron chi connectivity index (χ0n) is 33.6. The highest BCUT2D eigenvalue weighted by Gasteiger charge is 2.43. The van der Waals surface area contributed by atoms with Crippen molar-refractivity contribution >= 4 is 62.0 Å². The van der Waals surface area contributed by atoms with Crippen LogP contribution in [0.15, 0.2) is 121 Å². The summed E-state index contributed by atoms with van der Waals surface area (Å²) >= 11 is 0. The first-order valence-corrected chi connectivity index (χ1v) is 16.9. The Morgan fingerprint density at radius 1 is 0.604 bits per heavy atom. The molecule has 0 saturated heterocycles. The highest BCUT2D eigenvalue weighted by molar-refractivity contribution is 7.00. The number of aryl methyl sites for hydroxylation is 1. The van der Waals surface area contributed by atoms with Crippen LogP contribution in [-0.2, 0) is 10.8 Å². The molecule has 234 valence electrons. The summed E-state index contributed by atoms with van der Waals surface area (Å²) in [4.78, 5) is 2.30. The van der Waals surface area contributed by atoms with Crippen molar-refractivity contribution in [2.45, 2.75) is 59.3 Å². The van der Waals surface area contributed by atoms with Crippen LogP contribution in [0.25, 0.3) is 38.6 Å². The summed E-state index contributed by atoms with van der Waals surface area (Å²) in [6, 6.07) is 31.5. The second-order valence-electron chi connectivity index (χ2n) is 15.6. The summed E-state index contributed by atoms with van der Waals surface area (Å²) in [6.07, 6.45) is 0. The Labute approximate surface area is 291 Å². The van der Waals surface area contributed by atoms with E-state index >= 15 is 0 Å². The first-order valence-electron chi connectivity index (χ1n) is 19.4. The van der Waals surface area contributed by atoms with E-state index in [9.17, 15) is 0 Å². The molecule has 3 heteroatoms. The zero-order valence-corrected chi connectivity index (χ0v) is 28.6. The van der Waals surface area contributed by atoms with E-state index in [0.29, 0.717) is 5.56 Å². The highest BCUT2D eigenvalue weighted by Crippen LogP contribution is 2.46. The van der Waals surface area contributed by atoms with E-state index in [0.717, 1.165) is 39.4 Å². The summed E-state index contributed by atoms with van der Waals surface area (Å²) < 4.78 is 46.4. The molecule has 7 aromatic rings. The van der Waals surface area contributed by atoms with Gasteiger partial charge >= 0.3 is 0 Å².